The smallest absolute Gasteiger partial charge is 0.123 e. The fraction of sp³-hybridized carbons (Fsp3) is 0.333. The number of rotatable bonds is 4. The average Bonchev–Trinajstić information content (AvgIpc) is 2.54. The van der Waals surface area contributed by atoms with E-state index in [1.807, 2.05) is 30.3 Å². The maximum absolute atomic E-state index is 12.9. The van der Waals surface area contributed by atoms with Crippen molar-refractivity contribution in [1.82, 2.24) is 9.80 Å². The van der Waals surface area contributed by atoms with Crippen LogP contribution in [0, 0.1) is 5.82 Å². The molecule has 0 atom stereocenters. The van der Waals surface area contributed by atoms with E-state index in [9.17, 15) is 4.39 Å². The largest absolute Gasteiger partial charge is 0.297 e. The van der Waals surface area contributed by atoms with Gasteiger partial charge in [-0.05, 0) is 29.3 Å². The molecule has 1 saturated heterocycles. The summed E-state index contributed by atoms with van der Waals surface area (Å²) in [5.74, 6) is -0.173. The van der Waals surface area contributed by atoms with E-state index in [1.54, 1.807) is 0 Å². The number of nitrogens with zero attached hydrogens (tertiary/aromatic N) is 2. The lowest BCUT2D eigenvalue weighted by atomic mass is 10.1. The second-order valence-electron chi connectivity index (χ2n) is 5.77. The molecule has 1 aliphatic rings. The maximum atomic E-state index is 12.9. The van der Waals surface area contributed by atoms with Crippen molar-refractivity contribution in [3.05, 3.63) is 70.5 Å². The Bertz CT molecular complexity index is 607. The molecule has 2 aromatic rings. The molecule has 0 aliphatic carbocycles. The highest BCUT2D eigenvalue weighted by Gasteiger charge is 2.17. The van der Waals surface area contributed by atoms with Gasteiger partial charge in [-0.2, -0.15) is 0 Å². The third-order valence-electron chi connectivity index (χ3n) is 4.14. The highest BCUT2D eigenvalue weighted by molar-refractivity contribution is 6.31. The second kappa shape index (κ2) is 7.23. The molecule has 0 saturated carbocycles. The maximum Gasteiger partial charge on any atom is 0.123 e. The molecular weight excluding hydrogens is 299 g/mol. The van der Waals surface area contributed by atoms with Crippen molar-refractivity contribution in [2.24, 2.45) is 0 Å². The predicted octanol–water partition coefficient (Wildman–Crippen LogP) is 3.80. The van der Waals surface area contributed by atoms with Gasteiger partial charge < -0.3 is 0 Å². The van der Waals surface area contributed by atoms with Crippen LogP contribution in [0.3, 0.4) is 0 Å². The quantitative estimate of drug-likeness (QED) is 0.846. The van der Waals surface area contributed by atoms with Crippen LogP contribution >= 0.6 is 11.6 Å². The van der Waals surface area contributed by atoms with Crippen LogP contribution in [0.2, 0.25) is 5.02 Å². The SMILES string of the molecule is Fc1ccc(CN2CCN(Cc3ccccc3Cl)CC2)cc1. The Morgan fingerprint density at radius 2 is 1.41 bits per heavy atom. The van der Waals surface area contributed by atoms with E-state index in [4.69, 9.17) is 11.6 Å². The lowest BCUT2D eigenvalue weighted by Crippen LogP contribution is -2.45. The molecule has 1 heterocycles. The first kappa shape index (κ1) is 15.5. The molecule has 1 fully saturated rings. The standard InChI is InChI=1S/C18H20ClFN2/c19-18-4-2-1-3-16(18)14-22-11-9-21(10-12-22)13-15-5-7-17(20)8-6-15/h1-8H,9-14H2. The van der Waals surface area contributed by atoms with Crippen LogP contribution in [0.15, 0.2) is 48.5 Å². The van der Waals surface area contributed by atoms with Crippen LogP contribution in [-0.4, -0.2) is 36.0 Å². The number of piperazine rings is 1. The van der Waals surface area contributed by atoms with Gasteiger partial charge in [-0.1, -0.05) is 41.9 Å². The van der Waals surface area contributed by atoms with E-state index < -0.39 is 0 Å². The van der Waals surface area contributed by atoms with E-state index in [1.165, 1.54) is 23.3 Å². The van der Waals surface area contributed by atoms with Crippen molar-refractivity contribution in [3.63, 3.8) is 0 Å². The zero-order valence-corrected chi connectivity index (χ0v) is 13.3. The van der Waals surface area contributed by atoms with Crippen LogP contribution < -0.4 is 0 Å². The van der Waals surface area contributed by atoms with E-state index in [0.717, 1.165) is 44.3 Å². The first-order chi connectivity index (χ1) is 10.7. The Morgan fingerprint density at radius 3 is 2.05 bits per heavy atom. The van der Waals surface area contributed by atoms with E-state index in [0.29, 0.717) is 0 Å². The van der Waals surface area contributed by atoms with Gasteiger partial charge in [0.05, 0.1) is 0 Å². The summed E-state index contributed by atoms with van der Waals surface area (Å²) < 4.78 is 12.9. The lowest BCUT2D eigenvalue weighted by Gasteiger charge is -2.34. The monoisotopic (exact) mass is 318 g/mol. The summed E-state index contributed by atoms with van der Waals surface area (Å²) in [6.07, 6.45) is 0. The molecule has 116 valence electrons. The summed E-state index contributed by atoms with van der Waals surface area (Å²) in [5, 5.41) is 0.844. The van der Waals surface area contributed by atoms with Gasteiger partial charge >= 0.3 is 0 Å². The third-order valence-corrected chi connectivity index (χ3v) is 4.50. The fourth-order valence-electron chi connectivity index (χ4n) is 2.82. The molecule has 1 aliphatic heterocycles. The predicted molar refractivity (Wildman–Crippen MR) is 88.4 cm³/mol. The normalized spacial score (nSPS) is 16.8. The molecule has 0 bridgehead atoms. The van der Waals surface area contributed by atoms with Gasteiger partial charge in [-0.15, -0.1) is 0 Å². The zero-order valence-electron chi connectivity index (χ0n) is 12.5. The molecule has 0 unspecified atom stereocenters. The minimum Gasteiger partial charge on any atom is -0.297 e. The van der Waals surface area contributed by atoms with Crippen LogP contribution in [0.1, 0.15) is 11.1 Å². The van der Waals surface area contributed by atoms with Crippen LogP contribution in [0.4, 0.5) is 4.39 Å². The van der Waals surface area contributed by atoms with Gasteiger partial charge in [-0.25, -0.2) is 4.39 Å². The number of benzene rings is 2. The second-order valence-corrected chi connectivity index (χ2v) is 6.18. The number of hydrogen-bond donors (Lipinski definition) is 0. The molecule has 2 aromatic carbocycles. The molecule has 0 aromatic heterocycles. The van der Waals surface area contributed by atoms with Crippen molar-refractivity contribution >= 4 is 11.6 Å². The van der Waals surface area contributed by atoms with E-state index in [2.05, 4.69) is 15.9 Å². The lowest BCUT2D eigenvalue weighted by molar-refractivity contribution is 0.122. The van der Waals surface area contributed by atoms with Gasteiger partial charge in [0.1, 0.15) is 5.82 Å². The molecule has 2 nitrogen and oxygen atoms in total. The average molecular weight is 319 g/mol. The first-order valence-electron chi connectivity index (χ1n) is 7.63. The van der Waals surface area contributed by atoms with Crippen LogP contribution in [-0.2, 0) is 13.1 Å². The summed E-state index contributed by atoms with van der Waals surface area (Å²) in [4.78, 5) is 4.85. The summed E-state index contributed by atoms with van der Waals surface area (Å²) in [7, 11) is 0. The molecular formula is C18H20ClFN2. The fourth-order valence-corrected chi connectivity index (χ4v) is 3.02. The number of halogens is 2. The van der Waals surface area contributed by atoms with Crippen molar-refractivity contribution in [1.29, 1.82) is 0 Å². The summed E-state index contributed by atoms with van der Waals surface area (Å²) in [5.41, 5.74) is 2.36. The Labute approximate surface area is 136 Å². The van der Waals surface area contributed by atoms with E-state index >= 15 is 0 Å². The first-order valence-corrected chi connectivity index (χ1v) is 8.01. The number of hydrogen-bond acceptors (Lipinski definition) is 2. The Morgan fingerprint density at radius 1 is 0.818 bits per heavy atom. The molecule has 0 N–H and O–H groups in total. The summed E-state index contributed by atoms with van der Waals surface area (Å²) in [6.45, 7) is 5.92. The van der Waals surface area contributed by atoms with Crippen molar-refractivity contribution in [3.8, 4) is 0 Å². The topological polar surface area (TPSA) is 6.48 Å². The highest BCUT2D eigenvalue weighted by Crippen LogP contribution is 2.18. The van der Waals surface area contributed by atoms with Gasteiger partial charge in [0, 0.05) is 44.3 Å². The third kappa shape index (κ3) is 4.07. The van der Waals surface area contributed by atoms with Gasteiger partial charge in [0.25, 0.3) is 0 Å². The van der Waals surface area contributed by atoms with Crippen LogP contribution in [0.25, 0.3) is 0 Å². The highest BCUT2D eigenvalue weighted by atomic mass is 35.5. The summed E-state index contributed by atoms with van der Waals surface area (Å²) in [6, 6.07) is 14.8. The van der Waals surface area contributed by atoms with Crippen molar-refractivity contribution in [2.75, 3.05) is 26.2 Å². The summed E-state index contributed by atoms with van der Waals surface area (Å²) >= 11 is 6.22. The molecule has 0 spiro atoms. The molecule has 3 rings (SSSR count). The Kier molecular flexibility index (Phi) is 5.08. The van der Waals surface area contributed by atoms with Gasteiger partial charge in [-0.3, -0.25) is 9.80 Å². The van der Waals surface area contributed by atoms with Gasteiger partial charge in [0.2, 0.25) is 0 Å². The molecule has 0 amide bonds. The Hall–Kier alpha value is -1.42. The minimum absolute atomic E-state index is 0.173. The minimum atomic E-state index is -0.173. The van der Waals surface area contributed by atoms with Crippen molar-refractivity contribution < 1.29 is 4.39 Å². The van der Waals surface area contributed by atoms with E-state index in [-0.39, 0.29) is 5.82 Å². The van der Waals surface area contributed by atoms with Gasteiger partial charge in [0.15, 0.2) is 0 Å². The van der Waals surface area contributed by atoms with Crippen molar-refractivity contribution in [2.45, 2.75) is 13.1 Å². The molecule has 22 heavy (non-hydrogen) atoms. The van der Waals surface area contributed by atoms with Crippen LogP contribution in [0.5, 0.6) is 0 Å². The molecule has 0 radical (unpaired) electrons. The Balaban J connectivity index is 1.50. The zero-order chi connectivity index (χ0) is 15.4. The molecule has 4 heteroatoms.